The lowest BCUT2D eigenvalue weighted by atomic mass is 10.0. The summed E-state index contributed by atoms with van der Waals surface area (Å²) in [5.74, 6) is 1.32. The molecule has 1 aromatic heterocycles. The van der Waals surface area contributed by atoms with E-state index in [9.17, 15) is 13.2 Å². The van der Waals surface area contributed by atoms with Gasteiger partial charge in [0, 0.05) is 31.6 Å². The molecule has 0 atom stereocenters. The molecule has 0 unspecified atom stereocenters. The van der Waals surface area contributed by atoms with E-state index in [4.69, 9.17) is 0 Å². The fourth-order valence-corrected chi connectivity index (χ4v) is 4.91. The molecule has 0 aliphatic carbocycles. The van der Waals surface area contributed by atoms with E-state index in [1.165, 1.54) is 6.07 Å². The zero-order valence-corrected chi connectivity index (χ0v) is 18.6. The number of carbonyl (C=O) groups is 1. The monoisotopic (exact) mass is 437 g/mol. The third-order valence-corrected chi connectivity index (χ3v) is 6.80. The lowest BCUT2D eigenvalue weighted by Crippen LogP contribution is -2.26. The number of aryl methyl sites for hydroxylation is 2. The standard InChI is InChI=1S/C19H27N5O3S2/c1-13(2)12-24-17(22-23-19(24)28-3)5-4-10-20-29(26,27)15-7-8-16-14(11-15)6-9-18(25)21-16/h7-8,11,13,20H,4-6,9-10,12H2,1-3H3,(H,21,25). The Morgan fingerprint density at radius 2 is 2.07 bits per heavy atom. The Morgan fingerprint density at radius 1 is 1.28 bits per heavy atom. The second-order valence-corrected chi connectivity index (χ2v) is 10.0. The predicted octanol–water partition coefficient (Wildman–Crippen LogP) is 2.45. The molecule has 1 amide bonds. The molecule has 0 radical (unpaired) electrons. The maximum absolute atomic E-state index is 12.6. The van der Waals surface area contributed by atoms with Crippen LogP contribution >= 0.6 is 11.8 Å². The third kappa shape index (κ3) is 5.37. The lowest BCUT2D eigenvalue weighted by Gasteiger charge is -2.17. The molecule has 2 heterocycles. The number of sulfonamides is 1. The van der Waals surface area contributed by atoms with Gasteiger partial charge in [0.25, 0.3) is 0 Å². The maximum Gasteiger partial charge on any atom is 0.240 e. The van der Waals surface area contributed by atoms with Crippen LogP contribution < -0.4 is 10.0 Å². The predicted molar refractivity (Wildman–Crippen MR) is 114 cm³/mol. The molecule has 0 saturated heterocycles. The van der Waals surface area contributed by atoms with Crippen LogP contribution in [0.1, 0.15) is 38.1 Å². The number of carbonyl (C=O) groups excluding carboxylic acids is 1. The number of nitrogens with one attached hydrogen (secondary N) is 2. The topological polar surface area (TPSA) is 106 Å². The molecular weight excluding hydrogens is 410 g/mol. The van der Waals surface area contributed by atoms with Gasteiger partial charge in [-0.15, -0.1) is 10.2 Å². The molecule has 1 aliphatic rings. The minimum atomic E-state index is -3.60. The summed E-state index contributed by atoms with van der Waals surface area (Å²) in [5, 5.41) is 12.1. The molecule has 10 heteroatoms. The summed E-state index contributed by atoms with van der Waals surface area (Å²) in [6, 6.07) is 4.82. The van der Waals surface area contributed by atoms with E-state index in [0.29, 0.717) is 43.8 Å². The van der Waals surface area contributed by atoms with Gasteiger partial charge in [0.2, 0.25) is 15.9 Å². The van der Waals surface area contributed by atoms with Gasteiger partial charge in [-0.3, -0.25) is 4.79 Å². The van der Waals surface area contributed by atoms with Crippen LogP contribution in [0.25, 0.3) is 0 Å². The zero-order chi connectivity index (χ0) is 21.0. The zero-order valence-electron chi connectivity index (χ0n) is 16.9. The highest BCUT2D eigenvalue weighted by molar-refractivity contribution is 7.98. The number of fused-ring (bicyclic) bond motifs is 1. The molecule has 2 N–H and O–H groups in total. The first-order valence-corrected chi connectivity index (χ1v) is 12.4. The van der Waals surface area contributed by atoms with Crippen molar-refractivity contribution >= 4 is 33.4 Å². The number of amides is 1. The van der Waals surface area contributed by atoms with Crippen LogP contribution in [0.5, 0.6) is 0 Å². The fourth-order valence-electron chi connectivity index (χ4n) is 3.27. The largest absolute Gasteiger partial charge is 0.326 e. The lowest BCUT2D eigenvalue weighted by molar-refractivity contribution is -0.116. The first kappa shape index (κ1) is 21.8. The van der Waals surface area contributed by atoms with Crippen molar-refractivity contribution in [2.75, 3.05) is 18.1 Å². The van der Waals surface area contributed by atoms with Crippen LogP contribution in [-0.2, 0) is 34.2 Å². The van der Waals surface area contributed by atoms with Crippen molar-refractivity contribution in [1.82, 2.24) is 19.5 Å². The van der Waals surface area contributed by atoms with Gasteiger partial charge in [-0.1, -0.05) is 25.6 Å². The van der Waals surface area contributed by atoms with Gasteiger partial charge in [0.1, 0.15) is 5.82 Å². The van der Waals surface area contributed by atoms with E-state index in [0.717, 1.165) is 23.1 Å². The summed E-state index contributed by atoms with van der Waals surface area (Å²) in [7, 11) is -3.60. The second kappa shape index (κ2) is 9.27. The van der Waals surface area contributed by atoms with Crippen LogP contribution in [0.2, 0.25) is 0 Å². The maximum atomic E-state index is 12.6. The number of thioether (sulfide) groups is 1. The summed E-state index contributed by atoms with van der Waals surface area (Å²) in [4.78, 5) is 11.7. The number of anilines is 1. The van der Waals surface area contributed by atoms with Crippen molar-refractivity contribution < 1.29 is 13.2 Å². The van der Waals surface area contributed by atoms with E-state index < -0.39 is 10.0 Å². The number of rotatable bonds is 9. The summed E-state index contributed by atoms with van der Waals surface area (Å²) in [6.07, 6.45) is 4.18. The normalized spacial score (nSPS) is 14.1. The molecule has 1 aliphatic heterocycles. The average molecular weight is 438 g/mol. The van der Waals surface area contributed by atoms with Crippen LogP contribution in [0.3, 0.4) is 0 Å². The van der Waals surface area contributed by atoms with E-state index in [2.05, 4.69) is 38.7 Å². The summed E-state index contributed by atoms with van der Waals surface area (Å²) < 4.78 is 30.0. The minimum Gasteiger partial charge on any atom is -0.326 e. The Kier molecular flexibility index (Phi) is 6.97. The third-order valence-electron chi connectivity index (χ3n) is 4.68. The highest BCUT2D eigenvalue weighted by Crippen LogP contribution is 2.25. The quantitative estimate of drug-likeness (QED) is 0.461. The van der Waals surface area contributed by atoms with Gasteiger partial charge in [-0.25, -0.2) is 13.1 Å². The second-order valence-electron chi connectivity index (χ2n) is 7.48. The van der Waals surface area contributed by atoms with E-state index in [1.807, 2.05) is 6.26 Å². The Balaban J connectivity index is 1.59. The SMILES string of the molecule is CSc1nnc(CCCNS(=O)(=O)c2ccc3c(c2)CCC(=O)N3)n1CC(C)C. The van der Waals surface area contributed by atoms with Crippen LogP contribution in [0, 0.1) is 5.92 Å². The van der Waals surface area contributed by atoms with Crippen molar-refractivity contribution in [1.29, 1.82) is 0 Å². The molecule has 0 spiro atoms. The number of aromatic nitrogens is 3. The van der Waals surface area contributed by atoms with Gasteiger partial charge < -0.3 is 9.88 Å². The Hall–Kier alpha value is -1.91. The van der Waals surface area contributed by atoms with Crippen LogP contribution in [0.4, 0.5) is 5.69 Å². The summed E-state index contributed by atoms with van der Waals surface area (Å²) >= 11 is 1.56. The van der Waals surface area contributed by atoms with E-state index in [1.54, 1.807) is 23.9 Å². The number of hydrogen-bond donors (Lipinski definition) is 2. The summed E-state index contributed by atoms with van der Waals surface area (Å²) in [6.45, 7) is 5.45. The Labute approximate surface area is 175 Å². The molecule has 8 nitrogen and oxygen atoms in total. The molecule has 29 heavy (non-hydrogen) atoms. The molecule has 3 rings (SSSR count). The van der Waals surface area contributed by atoms with Gasteiger partial charge in [-0.05, 0) is 48.8 Å². The Bertz CT molecular complexity index is 986. The molecule has 158 valence electrons. The van der Waals surface area contributed by atoms with Crippen molar-refractivity contribution in [3.63, 3.8) is 0 Å². The molecule has 0 saturated carbocycles. The molecule has 0 bridgehead atoms. The highest BCUT2D eigenvalue weighted by Gasteiger charge is 2.20. The molecular formula is C19H27N5O3S2. The van der Waals surface area contributed by atoms with Crippen LogP contribution in [-0.4, -0.2) is 41.9 Å². The number of nitrogens with zero attached hydrogens (tertiary/aromatic N) is 3. The average Bonchev–Trinajstić information content (AvgIpc) is 3.05. The molecule has 0 fully saturated rings. The van der Waals surface area contributed by atoms with Gasteiger partial charge >= 0.3 is 0 Å². The van der Waals surface area contributed by atoms with Gasteiger partial charge in [-0.2, -0.15) is 0 Å². The van der Waals surface area contributed by atoms with Crippen LogP contribution in [0.15, 0.2) is 28.3 Å². The first-order valence-electron chi connectivity index (χ1n) is 9.68. The number of benzene rings is 1. The summed E-state index contributed by atoms with van der Waals surface area (Å²) in [5.41, 5.74) is 1.54. The Morgan fingerprint density at radius 3 is 2.79 bits per heavy atom. The fraction of sp³-hybridized carbons (Fsp3) is 0.526. The highest BCUT2D eigenvalue weighted by atomic mass is 32.2. The van der Waals surface area contributed by atoms with Crippen molar-refractivity contribution in [2.24, 2.45) is 5.92 Å². The molecule has 2 aromatic rings. The minimum absolute atomic E-state index is 0.0406. The van der Waals surface area contributed by atoms with Crippen molar-refractivity contribution in [3.05, 3.63) is 29.6 Å². The first-order chi connectivity index (χ1) is 13.8. The van der Waals surface area contributed by atoms with Crippen molar-refractivity contribution in [2.45, 2.75) is 56.1 Å². The smallest absolute Gasteiger partial charge is 0.240 e. The number of hydrogen-bond acceptors (Lipinski definition) is 6. The van der Waals surface area contributed by atoms with Crippen molar-refractivity contribution in [3.8, 4) is 0 Å². The van der Waals surface area contributed by atoms with Gasteiger partial charge in [0.15, 0.2) is 5.16 Å². The van der Waals surface area contributed by atoms with Gasteiger partial charge in [0.05, 0.1) is 4.90 Å². The molecule has 1 aromatic carbocycles. The van der Waals surface area contributed by atoms with E-state index >= 15 is 0 Å². The van der Waals surface area contributed by atoms with E-state index in [-0.39, 0.29) is 10.8 Å².